The molecule has 9 heteroatoms. The van der Waals surface area contributed by atoms with Gasteiger partial charge in [-0.05, 0) is 43.7 Å². The van der Waals surface area contributed by atoms with Gasteiger partial charge in [-0.1, -0.05) is 18.5 Å². The number of piperidine rings is 1. The number of imidazole rings is 1. The molecule has 0 unspecified atom stereocenters. The number of pyridine rings is 1. The molecule has 0 spiro atoms. The first-order valence-electron chi connectivity index (χ1n) is 10.7. The van der Waals surface area contributed by atoms with E-state index in [-0.39, 0.29) is 12.5 Å². The molecule has 1 aliphatic rings. The summed E-state index contributed by atoms with van der Waals surface area (Å²) in [5, 5.41) is 9.89. The van der Waals surface area contributed by atoms with Gasteiger partial charge in [-0.3, -0.25) is 4.79 Å². The predicted molar refractivity (Wildman–Crippen MR) is 126 cm³/mol. The molecular weight excluding hydrogens is 414 g/mol. The molecule has 164 valence electrons. The van der Waals surface area contributed by atoms with E-state index >= 15 is 0 Å². The molecule has 0 atom stereocenters. The Morgan fingerprint density at radius 2 is 2.00 bits per heavy atom. The number of likely N-dealkylation sites (tertiary alicyclic amines) is 1. The highest BCUT2D eigenvalue weighted by atomic mass is 35.5. The fourth-order valence-electron chi connectivity index (χ4n) is 3.83. The zero-order valence-corrected chi connectivity index (χ0v) is 18.6. The largest absolute Gasteiger partial charge is 0.379 e. The van der Waals surface area contributed by atoms with E-state index in [1.54, 1.807) is 13.2 Å². The third-order valence-electron chi connectivity index (χ3n) is 5.75. The van der Waals surface area contributed by atoms with Crippen LogP contribution in [0, 0.1) is 0 Å². The second-order valence-corrected chi connectivity index (χ2v) is 8.13. The fraction of sp³-hybridized carbons (Fsp3) is 0.409. The number of hydrogen-bond donors (Lipinski definition) is 4. The third-order valence-corrected chi connectivity index (χ3v) is 6.03. The number of nitrogens with zero attached hydrogens (tertiary/aromatic N) is 3. The maximum Gasteiger partial charge on any atom is 0.239 e. The molecule has 1 fully saturated rings. The smallest absolute Gasteiger partial charge is 0.239 e. The molecule has 2 aromatic heterocycles. The van der Waals surface area contributed by atoms with Crippen LogP contribution in [0.15, 0.2) is 30.5 Å². The van der Waals surface area contributed by atoms with E-state index in [4.69, 9.17) is 11.6 Å². The number of benzene rings is 1. The highest BCUT2D eigenvalue weighted by molar-refractivity contribution is 6.34. The second kappa shape index (κ2) is 9.53. The molecule has 4 rings (SSSR count). The van der Waals surface area contributed by atoms with E-state index in [0.29, 0.717) is 16.7 Å². The van der Waals surface area contributed by atoms with Crippen molar-refractivity contribution in [2.45, 2.75) is 25.8 Å². The summed E-state index contributed by atoms with van der Waals surface area (Å²) in [6.45, 7) is 5.71. The van der Waals surface area contributed by atoms with Gasteiger partial charge >= 0.3 is 0 Å². The average Bonchev–Trinajstić information content (AvgIpc) is 3.25. The number of carbonyl (C=O) groups excluding carboxylic acids is 1. The van der Waals surface area contributed by atoms with Crippen LogP contribution in [0.5, 0.6) is 0 Å². The van der Waals surface area contributed by atoms with Gasteiger partial charge in [0.05, 0.1) is 23.5 Å². The molecule has 8 nitrogen and oxygen atoms in total. The van der Waals surface area contributed by atoms with Gasteiger partial charge in [-0.15, -0.1) is 0 Å². The van der Waals surface area contributed by atoms with E-state index < -0.39 is 0 Å². The second-order valence-electron chi connectivity index (χ2n) is 7.72. The molecule has 1 saturated heterocycles. The highest BCUT2D eigenvalue weighted by Gasteiger charge is 2.21. The maximum absolute atomic E-state index is 11.4. The lowest BCUT2D eigenvalue weighted by atomic mass is 10.0. The summed E-state index contributed by atoms with van der Waals surface area (Å²) in [4.78, 5) is 26.3. The number of H-pyrrole nitrogens is 1. The van der Waals surface area contributed by atoms with Crippen LogP contribution in [0.4, 0.5) is 11.4 Å². The predicted octanol–water partition coefficient (Wildman–Crippen LogP) is 3.33. The van der Waals surface area contributed by atoms with Gasteiger partial charge in [0.2, 0.25) is 5.91 Å². The number of aromatic amines is 1. The molecule has 0 saturated carbocycles. The van der Waals surface area contributed by atoms with Crippen molar-refractivity contribution in [3.05, 3.63) is 35.5 Å². The van der Waals surface area contributed by atoms with Gasteiger partial charge in [0.25, 0.3) is 0 Å². The molecule has 1 amide bonds. The molecule has 0 aliphatic carbocycles. The van der Waals surface area contributed by atoms with Crippen molar-refractivity contribution in [3.63, 3.8) is 0 Å². The van der Waals surface area contributed by atoms with Crippen LogP contribution in [0.3, 0.4) is 0 Å². The molecule has 1 aromatic carbocycles. The molecule has 0 radical (unpaired) electrons. The summed E-state index contributed by atoms with van der Waals surface area (Å²) in [5.41, 5.74) is 4.12. The Morgan fingerprint density at radius 3 is 2.68 bits per heavy atom. The van der Waals surface area contributed by atoms with Crippen molar-refractivity contribution in [2.24, 2.45) is 0 Å². The van der Waals surface area contributed by atoms with Gasteiger partial charge in [0.1, 0.15) is 11.3 Å². The number of carbonyl (C=O) groups is 1. The van der Waals surface area contributed by atoms with E-state index in [0.717, 1.165) is 60.8 Å². The number of hydrogen-bond acceptors (Lipinski definition) is 6. The van der Waals surface area contributed by atoms with Crippen molar-refractivity contribution < 1.29 is 4.79 Å². The average molecular weight is 442 g/mol. The van der Waals surface area contributed by atoms with Crippen molar-refractivity contribution in [1.29, 1.82) is 0 Å². The lowest BCUT2D eigenvalue weighted by Crippen LogP contribution is -2.38. The Hall–Kier alpha value is -2.84. The van der Waals surface area contributed by atoms with Gasteiger partial charge in [-0.2, -0.15) is 0 Å². The van der Waals surface area contributed by atoms with Crippen LogP contribution in [-0.2, 0) is 4.79 Å². The number of nitrogens with one attached hydrogen (secondary N) is 4. The third kappa shape index (κ3) is 4.91. The minimum absolute atomic E-state index is 0.0651. The van der Waals surface area contributed by atoms with Crippen LogP contribution in [0.2, 0.25) is 5.02 Å². The van der Waals surface area contributed by atoms with E-state index in [9.17, 15) is 4.79 Å². The van der Waals surface area contributed by atoms with Crippen molar-refractivity contribution in [3.8, 4) is 11.4 Å². The SMILES string of the molecule is CCN1CCC(Nc2c(Cl)cnc3nc(-c4ccc(NCC(=O)NC)cc4)[nH]c23)CC1. The monoisotopic (exact) mass is 441 g/mol. The topological polar surface area (TPSA) is 98.0 Å². The van der Waals surface area contributed by atoms with Crippen LogP contribution < -0.4 is 16.0 Å². The Bertz CT molecular complexity index is 1040. The highest BCUT2D eigenvalue weighted by Crippen LogP contribution is 2.32. The summed E-state index contributed by atoms with van der Waals surface area (Å²) in [5.74, 6) is 0.663. The first kappa shape index (κ1) is 21.4. The first-order chi connectivity index (χ1) is 15.1. The summed E-state index contributed by atoms with van der Waals surface area (Å²) in [7, 11) is 1.62. The molecule has 0 bridgehead atoms. The van der Waals surface area contributed by atoms with Crippen molar-refractivity contribution >= 4 is 40.0 Å². The summed E-state index contributed by atoms with van der Waals surface area (Å²) in [6.07, 6.45) is 3.82. The van der Waals surface area contributed by atoms with Gasteiger partial charge in [-0.25, -0.2) is 9.97 Å². The first-order valence-corrected chi connectivity index (χ1v) is 11.0. The van der Waals surface area contributed by atoms with Crippen LogP contribution >= 0.6 is 11.6 Å². The number of halogens is 1. The Kier molecular flexibility index (Phi) is 6.58. The molecule has 4 N–H and O–H groups in total. The van der Waals surface area contributed by atoms with Crippen molar-refractivity contribution in [2.75, 3.05) is 43.9 Å². The van der Waals surface area contributed by atoms with E-state index in [2.05, 4.69) is 42.7 Å². The normalized spacial score (nSPS) is 15.2. The lowest BCUT2D eigenvalue weighted by Gasteiger charge is -2.32. The Labute approximate surface area is 186 Å². The standard InChI is InChI=1S/C22H28ClN7O/c1-3-30-10-8-16(9-11-30)27-19-17(23)12-26-22-20(19)28-21(29-22)14-4-6-15(7-5-14)25-13-18(31)24-2/h4-7,12,16,25H,3,8-11,13H2,1-2H3,(H,24,31)(H2,26,27,28,29). The summed E-state index contributed by atoms with van der Waals surface area (Å²) in [6, 6.07) is 8.14. The zero-order valence-electron chi connectivity index (χ0n) is 17.8. The Balaban J connectivity index is 1.53. The number of anilines is 2. The van der Waals surface area contributed by atoms with Crippen LogP contribution in [0.1, 0.15) is 19.8 Å². The molecule has 3 heterocycles. The summed E-state index contributed by atoms with van der Waals surface area (Å²) < 4.78 is 0. The molecule has 31 heavy (non-hydrogen) atoms. The number of fused-ring (bicyclic) bond motifs is 1. The quantitative estimate of drug-likeness (QED) is 0.449. The van der Waals surface area contributed by atoms with Gasteiger partial charge in [0.15, 0.2) is 5.65 Å². The van der Waals surface area contributed by atoms with Gasteiger partial charge in [0, 0.05) is 37.4 Å². The lowest BCUT2D eigenvalue weighted by molar-refractivity contribution is -0.118. The number of aromatic nitrogens is 3. The minimum atomic E-state index is -0.0651. The minimum Gasteiger partial charge on any atom is -0.379 e. The molecular formula is C22H28ClN7O. The summed E-state index contributed by atoms with van der Waals surface area (Å²) >= 11 is 6.50. The fourth-order valence-corrected chi connectivity index (χ4v) is 4.02. The Morgan fingerprint density at radius 1 is 1.26 bits per heavy atom. The zero-order chi connectivity index (χ0) is 21.8. The van der Waals surface area contributed by atoms with Gasteiger partial charge < -0.3 is 25.8 Å². The molecule has 3 aromatic rings. The maximum atomic E-state index is 11.4. The van der Waals surface area contributed by atoms with E-state index in [1.807, 2.05) is 24.3 Å². The number of rotatable bonds is 7. The van der Waals surface area contributed by atoms with Crippen LogP contribution in [-0.4, -0.2) is 65.0 Å². The van der Waals surface area contributed by atoms with E-state index in [1.165, 1.54) is 0 Å². The van der Waals surface area contributed by atoms with Crippen molar-refractivity contribution in [1.82, 2.24) is 25.2 Å². The molecule has 1 aliphatic heterocycles. The number of amides is 1. The van der Waals surface area contributed by atoms with Crippen LogP contribution in [0.25, 0.3) is 22.6 Å². The number of likely N-dealkylation sites (N-methyl/N-ethyl adjacent to an activating group) is 1.